The number of methoxy groups -OCH3 is 2. The molecule has 0 fully saturated rings. The van der Waals surface area contributed by atoms with Crippen LogP contribution in [-0.2, 0) is 11.2 Å². The molecule has 0 saturated heterocycles. The van der Waals surface area contributed by atoms with E-state index in [4.69, 9.17) is 9.47 Å². The molecule has 3 rings (SSSR count). The van der Waals surface area contributed by atoms with Crippen molar-refractivity contribution in [3.05, 3.63) is 82.2 Å². The Morgan fingerprint density at radius 2 is 1.78 bits per heavy atom. The zero-order valence-electron chi connectivity index (χ0n) is 15.0. The molecule has 0 spiro atoms. The Morgan fingerprint density at radius 1 is 1.00 bits per heavy atom. The van der Waals surface area contributed by atoms with Crippen LogP contribution in [0.3, 0.4) is 0 Å². The molecule has 1 aromatic heterocycles. The van der Waals surface area contributed by atoms with Crippen LogP contribution in [0.1, 0.15) is 31.2 Å². The quantitative estimate of drug-likeness (QED) is 0.644. The van der Waals surface area contributed by atoms with Crippen LogP contribution in [0.25, 0.3) is 0 Å². The molecule has 0 aliphatic carbocycles. The van der Waals surface area contributed by atoms with Crippen LogP contribution in [0.4, 0.5) is 5.00 Å². The van der Waals surface area contributed by atoms with Crippen molar-refractivity contribution in [3.8, 4) is 5.75 Å². The molecule has 0 bridgehead atoms. The predicted molar refractivity (Wildman–Crippen MR) is 106 cm³/mol. The van der Waals surface area contributed by atoms with Gasteiger partial charge in [-0.2, -0.15) is 0 Å². The lowest BCUT2D eigenvalue weighted by atomic mass is 10.1. The number of carbonyl (C=O) groups is 2. The van der Waals surface area contributed by atoms with Crippen LogP contribution in [0, 0.1) is 0 Å². The van der Waals surface area contributed by atoms with Crippen molar-refractivity contribution >= 4 is 28.2 Å². The van der Waals surface area contributed by atoms with Crippen LogP contribution < -0.4 is 10.1 Å². The number of rotatable bonds is 6. The van der Waals surface area contributed by atoms with E-state index in [0.717, 1.165) is 10.4 Å². The molecule has 0 aliphatic rings. The van der Waals surface area contributed by atoms with Crippen LogP contribution in [0.5, 0.6) is 5.75 Å². The fourth-order valence-corrected chi connectivity index (χ4v) is 3.69. The summed E-state index contributed by atoms with van der Waals surface area (Å²) < 4.78 is 10.0. The van der Waals surface area contributed by atoms with Gasteiger partial charge in [0, 0.05) is 16.9 Å². The monoisotopic (exact) mass is 381 g/mol. The van der Waals surface area contributed by atoms with E-state index in [2.05, 4.69) is 5.32 Å². The average Bonchev–Trinajstić information content (AvgIpc) is 3.10. The van der Waals surface area contributed by atoms with Gasteiger partial charge in [0.25, 0.3) is 5.91 Å². The number of thiophene rings is 1. The van der Waals surface area contributed by atoms with Gasteiger partial charge in [-0.1, -0.05) is 36.4 Å². The maximum absolute atomic E-state index is 12.6. The first kappa shape index (κ1) is 18.7. The molecule has 1 heterocycles. The van der Waals surface area contributed by atoms with Crippen LogP contribution >= 0.6 is 11.3 Å². The molecule has 6 heteroatoms. The topological polar surface area (TPSA) is 64.6 Å². The van der Waals surface area contributed by atoms with Gasteiger partial charge in [0.05, 0.1) is 19.8 Å². The second kappa shape index (κ2) is 8.51. The lowest BCUT2D eigenvalue weighted by molar-refractivity contribution is 0.0602. The summed E-state index contributed by atoms with van der Waals surface area (Å²) in [6, 6.07) is 18.5. The van der Waals surface area contributed by atoms with Gasteiger partial charge in [0.15, 0.2) is 0 Å². The summed E-state index contributed by atoms with van der Waals surface area (Å²) in [5.41, 5.74) is 1.92. The molecule has 3 aromatic rings. The predicted octanol–water partition coefficient (Wildman–Crippen LogP) is 4.39. The molecule has 5 nitrogen and oxygen atoms in total. The Balaban J connectivity index is 1.86. The standard InChI is InChI=1S/C21H19NO4S/c1-25-16-10-6-9-15(12-16)19(23)22-20-18(21(24)26-2)13-17(27-20)11-14-7-4-3-5-8-14/h3-10,12-13H,11H2,1-2H3,(H,22,23). The van der Waals surface area contributed by atoms with E-state index >= 15 is 0 Å². The number of amides is 1. The van der Waals surface area contributed by atoms with Gasteiger partial charge in [-0.25, -0.2) is 4.79 Å². The van der Waals surface area contributed by atoms with Gasteiger partial charge >= 0.3 is 5.97 Å². The zero-order chi connectivity index (χ0) is 19.2. The first-order chi connectivity index (χ1) is 13.1. The van der Waals surface area contributed by atoms with Gasteiger partial charge in [0.1, 0.15) is 10.8 Å². The number of ether oxygens (including phenoxy) is 2. The molecule has 0 aliphatic heterocycles. The van der Waals surface area contributed by atoms with Crippen LogP contribution in [-0.4, -0.2) is 26.1 Å². The Morgan fingerprint density at radius 3 is 2.48 bits per heavy atom. The molecule has 27 heavy (non-hydrogen) atoms. The van der Waals surface area contributed by atoms with Crippen molar-refractivity contribution in [3.63, 3.8) is 0 Å². The lowest BCUT2D eigenvalue weighted by Crippen LogP contribution is -2.13. The smallest absolute Gasteiger partial charge is 0.340 e. The number of nitrogens with one attached hydrogen (secondary N) is 1. The lowest BCUT2D eigenvalue weighted by Gasteiger charge is -2.06. The minimum absolute atomic E-state index is 0.313. The minimum atomic E-state index is -0.480. The van der Waals surface area contributed by atoms with E-state index in [1.54, 1.807) is 37.4 Å². The number of esters is 1. The van der Waals surface area contributed by atoms with Crippen LogP contribution in [0.15, 0.2) is 60.7 Å². The number of carbonyl (C=O) groups excluding carboxylic acids is 2. The van der Waals surface area contributed by atoms with Crippen molar-refractivity contribution < 1.29 is 19.1 Å². The molecule has 138 valence electrons. The van der Waals surface area contributed by atoms with Crippen molar-refractivity contribution in [1.82, 2.24) is 0 Å². The highest BCUT2D eigenvalue weighted by molar-refractivity contribution is 7.16. The zero-order valence-corrected chi connectivity index (χ0v) is 15.8. The molecular formula is C21H19NO4S. The molecule has 0 saturated carbocycles. The Labute approximate surface area is 161 Å². The van der Waals surface area contributed by atoms with Crippen molar-refractivity contribution in [2.24, 2.45) is 0 Å². The molecule has 2 aromatic carbocycles. The number of benzene rings is 2. The van der Waals surface area contributed by atoms with Gasteiger partial charge in [0.2, 0.25) is 0 Å². The first-order valence-electron chi connectivity index (χ1n) is 8.31. The van der Waals surface area contributed by atoms with Gasteiger partial charge in [-0.15, -0.1) is 11.3 Å². The second-order valence-electron chi connectivity index (χ2n) is 5.80. The van der Waals surface area contributed by atoms with E-state index in [1.807, 2.05) is 30.3 Å². The van der Waals surface area contributed by atoms with Gasteiger partial charge in [-0.05, 0) is 29.8 Å². The van der Waals surface area contributed by atoms with Gasteiger partial charge < -0.3 is 14.8 Å². The summed E-state index contributed by atoms with van der Waals surface area (Å²) in [4.78, 5) is 25.7. The maximum atomic E-state index is 12.6. The summed E-state index contributed by atoms with van der Waals surface area (Å²) in [5, 5.41) is 3.30. The van der Waals surface area contributed by atoms with E-state index < -0.39 is 5.97 Å². The normalized spacial score (nSPS) is 10.3. The minimum Gasteiger partial charge on any atom is -0.497 e. The molecule has 0 radical (unpaired) electrons. The van der Waals surface area contributed by atoms with E-state index in [-0.39, 0.29) is 5.91 Å². The molecule has 1 amide bonds. The first-order valence-corrected chi connectivity index (χ1v) is 9.12. The van der Waals surface area contributed by atoms with Crippen molar-refractivity contribution in [2.45, 2.75) is 6.42 Å². The Hall–Kier alpha value is -3.12. The highest BCUT2D eigenvalue weighted by atomic mass is 32.1. The van der Waals surface area contributed by atoms with E-state index in [0.29, 0.717) is 28.3 Å². The highest BCUT2D eigenvalue weighted by Crippen LogP contribution is 2.31. The molecule has 0 unspecified atom stereocenters. The Kier molecular flexibility index (Phi) is 5.88. The summed E-state index contributed by atoms with van der Waals surface area (Å²) in [7, 11) is 2.87. The summed E-state index contributed by atoms with van der Waals surface area (Å²) >= 11 is 1.37. The fraction of sp³-hybridized carbons (Fsp3) is 0.143. The third-order valence-corrected chi connectivity index (χ3v) is 5.02. The molecule has 0 atom stereocenters. The summed E-state index contributed by atoms with van der Waals surface area (Å²) in [6.45, 7) is 0. The molecule has 1 N–H and O–H groups in total. The van der Waals surface area contributed by atoms with Gasteiger partial charge in [-0.3, -0.25) is 4.79 Å². The Bertz CT molecular complexity index is 950. The fourth-order valence-electron chi connectivity index (χ4n) is 2.62. The SMILES string of the molecule is COC(=O)c1cc(Cc2ccccc2)sc1NC(=O)c1cccc(OC)c1. The van der Waals surface area contributed by atoms with E-state index in [9.17, 15) is 9.59 Å². The second-order valence-corrected chi connectivity index (χ2v) is 6.93. The van der Waals surface area contributed by atoms with E-state index in [1.165, 1.54) is 18.4 Å². The summed E-state index contributed by atoms with van der Waals surface area (Å²) in [6.07, 6.45) is 0.671. The third-order valence-electron chi connectivity index (χ3n) is 3.97. The number of anilines is 1. The summed E-state index contributed by atoms with van der Waals surface area (Å²) in [5.74, 6) is -0.203. The number of hydrogen-bond acceptors (Lipinski definition) is 5. The number of hydrogen-bond donors (Lipinski definition) is 1. The maximum Gasteiger partial charge on any atom is 0.340 e. The van der Waals surface area contributed by atoms with Crippen LogP contribution in [0.2, 0.25) is 0 Å². The third kappa shape index (κ3) is 4.54. The average molecular weight is 381 g/mol. The largest absolute Gasteiger partial charge is 0.497 e. The molecular weight excluding hydrogens is 362 g/mol. The highest BCUT2D eigenvalue weighted by Gasteiger charge is 2.19. The van der Waals surface area contributed by atoms with Crippen molar-refractivity contribution in [2.75, 3.05) is 19.5 Å². The van der Waals surface area contributed by atoms with Crippen molar-refractivity contribution in [1.29, 1.82) is 0 Å².